The van der Waals surface area contributed by atoms with E-state index < -0.39 is 0 Å². The molecule has 2 aliphatic carbocycles. The second-order valence-electron chi connectivity index (χ2n) is 8.88. The van der Waals surface area contributed by atoms with Gasteiger partial charge in [-0.15, -0.1) is 0 Å². The highest BCUT2D eigenvalue weighted by molar-refractivity contribution is 5.98. The number of nitrogens with one attached hydrogen (secondary N) is 1. The predicted molar refractivity (Wildman–Crippen MR) is 114 cm³/mol. The SMILES string of the molecule is CCCCO[C@@H]1CC2CCC[C@H](C1)[C@@H]2NC(=O)c1ncn2c(C)cc(COC)nc12. The number of aromatic nitrogens is 3. The summed E-state index contributed by atoms with van der Waals surface area (Å²) in [6.07, 6.45) is 9.97. The number of fused-ring (bicyclic) bond motifs is 3. The van der Waals surface area contributed by atoms with Crippen LogP contribution in [0, 0.1) is 18.8 Å². The van der Waals surface area contributed by atoms with E-state index >= 15 is 0 Å². The topological polar surface area (TPSA) is 77.8 Å². The lowest BCUT2D eigenvalue weighted by Gasteiger charge is -2.45. The smallest absolute Gasteiger partial charge is 0.274 e. The van der Waals surface area contributed by atoms with Gasteiger partial charge in [-0.05, 0) is 56.9 Å². The summed E-state index contributed by atoms with van der Waals surface area (Å²) in [5.41, 5.74) is 2.79. The third-order valence-corrected chi connectivity index (χ3v) is 6.70. The maximum atomic E-state index is 13.2. The summed E-state index contributed by atoms with van der Waals surface area (Å²) in [6.45, 7) is 5.45. The third kappa shape index (κ3) is 4.37. The van der Waals surface area contributed by atoms with Gasteiger partial charge in [-0.3, -0.25) is 9.20 Å². The first-order valence-corrected chi connectivity index (χ1v) is 11.4. The maximum absolute atomic E-state index is 13.2. The quantitative estimate of drug-likeness (QED) is 0.667. The van der Waals surface area contributed by atoms with Crippen molar-refractivity contribution in [3.63, 3.8) is 0 Å². The predicted octanol–water partition coefficient (Wildman–Crippen LogP) is 3.68. The van der Waals surface area contributed by atoms with E-state index in [1.165, 1.54) is 6.42 Å². The van der Waals surface area contributed by atoms with Gasteiger partial charge in [-0.1, -0.05) is 19.8 Å². The van der Waals surface area contributed by atoms with E-state index in [2.05, 4.69) is 22.2 Å². The van der Waals surface area contributed by atoms with Crippen LogP contribution in [0.1, 0.15) is 73.7 Å². The molecular formula is C23H34N4O3. The molecule has 7 nitrogen and oxygen atoms in total. The Morgan fingerprint density at radius 3 is 2.77 bits per heavy atom. The highest BCUT2D eigenvalue weighted by Crippen LogP contribution is 2.41. The first-order chi connectivity index (χ1) is 14.6. The molecule has 164 valence electrons. The Kier molecular flexibility index (Phi) is 6.68. The van der Waals surface area contributed by atoms with Gasteiger partial charge in [0, 0.05) is 25.5 Å². The van der Waals surface area contributed by atoms with Crippen molar-refractivity contribution in [3.05, 3.63) is 29.5 Å². The standard InChI is InChI=1S/C23H34N4O3/c1-4-5-9-30-19-11-16-7-6-8-17(12-19)20(16)26-23(28)21-22-25-18(13-29-3)10-15(2)27(22)14-24-21/h10,14,16-17,19-20H,4-9,11-13H2,1-3H3,(H,26,28)/t16-,17?,19+,20+/m1/s1. The Morgan fingerprint density at radius 2 is 2.07 bits per heavy atom. The van der Waals surface area contributed by atoms with Gasteiger partial charge in [0.15, 0.2) is 11.3 Å². The van der Waals surface area contributed by atoms with Crippen LogP contribution in [0.15, 0.2) is 12.4 Å². The summed E-state index contributed by atoms with van der Waals surface area (Å²) in [7, 11) is 1.65. The number of carbonyl (C=O) groups excluding carboxylic acids is 1. The minimum Gasteiger partial charge on any atom is -0.378 e. The van der Waals surface area contributed by atoms with Gasteiger partial charge in [0.2, 0.25) is 0 Å². The number of hydrogen-bond donors (Lipinski definition) is 1. The number of amides is 1. The Balaban J connectivity index is 1.49. The monoisotopic (exact) mass is 414 g/mol. The highest BCUT2D eigenvalue weighted by atomic mass is 16.5. The van der Waals surface area contributed by atoms with Gasteiger partial charge in [0.25, 0.3) is 5.91 Å². The van der Waals surface area contributed by atoms with E-state index in [0.717, 1.165) is 56.5 Å². The molecule has 2 saturated carbocycles. The molecule has 1 N–H and O–H groups in total. The minimum absolute atomic E-state index is 0.119. The van der Waals surface area contributed by atoms with Crippen LogP contribution in [0.5, 0.6) is 0 Å². The molecule has 1 unspecified atom stereocenters. The van der Waals surface area contributed by atoms with E-state index in [4.69, 9.17) is 9.47 Å². The normalized spacial score (nSPS) is 26.1. The van der Waals surface area contributed by atoms with Crippen LogP contribution in [-0.4, -0.2) is 46.1 Å². The Morgan fingerprint density at radius 1 is 1.30 bits per heavy atom. The molecule has 2 aromatic rings. The number of hydrogen-bond acceptors (Lipinski definition) is 5. The van der Waals surface area contributed by atoms with Crippen molar-refractivity contribution in [3.8, 4) is 0 Å². The Hall–Kier alpha value is -1.99. The second kappa shape index (κ2) is 9.43. The van der Waals surface area contributed by atoms with Crippen LogP contribution >= 0.6 is 0 Å². The molecule has 2 aromatic heterocycles. The Bertz CT molecular complexity index is 867. The van der Waals surface area contributed by atoms with Gasteiger partial charge in [-0.25, -0.2) is 9.97 Å². The summed E-state index contributed by atoms with van der Waals surface area (Å²) in [6, 6.07) is 2.17. The molecule has 2 heterocycles. The molecule has 2 aliphatic rings. The molecule has 0 spiro atoms. The molecule has 4 atom stereocenters. The van der Waals surface area contributed by atoms with Gasteiger partial charge in [-0.2, -0.15) is 0 Å². The number of aryl methyl sites for hydroxylation is 1. The van der Waals surface area contributed by atoms with Crippen LogP contribution in [0.25, 0.3) is 5.65 Å². The number of carbonyl (C=O) groups is 1. The molecule has 2 bridgehead atoms. The zero-order valence-electron chi connectivity index (χ0n) is 18.4. The molecule has 2 fully saturated rings. The average Bonchev–Trinajstić information content (AvgIpc) is 3.13. The van der Waals surface area contributed by atoms with Gasteiger partial charge < -0.3 is 14.8 Å². The summed E-state index contributed by atoms with van der Waals surface area (Å²) >= 11 is 0. The van der Waals surface area contributed by atoms with Crippen molar-refractivity contribution >= 4 is 11.6 Å². The molecule has 0 aliphatic heterocycles. The molecule has 7 heteroatoms. The van der Waals surface area contributed by atoms with Crippen LogP contribution in [-0.2, 0) is 16.1 Å². The fourth-order valence-corrected chi connectivity index (χ4v) is 5.24. The lowest BCUT2D eigenvalue weighted by molar-refractivity contribution is -0.0329. The van der Waals surface area contributed by atoms with Crippen LogP contribution < -0.4 is 5.32 Å². The number of rotatable bonds is 8. The van der Waals surface area contributed by atoms with Crippen molar-refractivity contribution in [2.45, 2.75) is 77.5 Å². The Labute approximate surface area is 178 Å². The zero-order chi connectivity index (χ0) is 21.1. The van der Waals surface area contributed by atoms with E-state index in [-0.39, 0.29) is 11.9 Å². The van der Waals surface area contributed by atoms with E-state index in [1.54, 1.807) is 13.4 Å². The summed E-state index contributed by atoms with van der Waals surface area (Å²) in [5, 5.41) is 3.33. The zero-order valence-corrected chi connectivity index (χ0v) is 18.4. The fraction of sp³-hybridized carbons (Fsp3) is 0.696. The van der Waals surface area contributed by atoms with Gasteiger partial charge in [0.05, 0.1) is 18.4 Å². The maximum Gasteiger partial charge on any atom is 0.274 e. The molecule has 0 aromatic carbocycles. The van der Waals surface area contributed by atoms with Crippen molar-refractivity contribution in [1.82, 2.24) is 19.7 Å². The average molecular weight is 415 g/mol. The number of nitrogens with zero attached hydrogens (tertiary/aromatic N) is 3. The number of methoxy groups -OCH3 is 1. The van der Waals surface area contributed by atoms with Gasteiger partial charge in [0.1, 0.15) is 6.33 Å². The van der Waals surface area contributed by atoms with E-state index in [9.17, 15) is 4.79 Å². The van der Waals surface area contributed by atoms with E-state index in [1.807, 2.05) is 17.4 Å². The fourth-order valence-electron chi connectivity index (χ4n) is 5.24. The lowest BCUT2D eigenvalue weighted by atomic mass is 9.67. The van der Waals surface area contributed by atoms with Crippen molar-refractivity contribution < 1.29 is 14.3 Å². The minimum atomic E-state index is -0.119. The highest BCUT2D eigenvalue weighted by Gasteiger charge is 2.41. The van der Waals surface area contributed by atoms with Crippen LogP contribution in [0.3, 0.4) is 0 Å². The molecule has 0 radical (unpaired) electrons. The number of ether oxygens (including phenoxy) is 2. The van der Waals surface area contributed by atoms with Gasteiger partial charge >= 0.3 is 0 Å². The molecular weight excluding hydrogens is 380 g/mol. The largest absolute Gasteiger partial charge is 0.378 e. The third-order valence-electron chi connectivity index (χ3n) is 6.70. The van der Waals surface area contributed by atoms with E-state index in [0.29, 0.717) is 35.9 Å². The van der Waals surface area contributed by atoms with Crippen LogP contribution in [0.4, 0.5) is 0 Å². The summed E-state index contributed by atoms with van der Waals surface area (Å²) in [5.74, 6) is 0.854. The first kappa shape index (κ1) is 21.2. The van der Waals surface area contributed by atoms with Crippen LogP contribution in [0.2, 0.25) is 0 Å². The number of imidazole rings is 1. The van der Waals surface area contributed by atoms with Crippen molar-refractivity contribution in [1.29, 1.82) is 0 Å². The molecule has 0 saturated heterocycles. The molecule has 1 amide bonds. The summed E-state index contributed by atoms with van der Waals surface area (Å²) in [4.78, 5) is 22.2. The van der Waals surface area contributed by atoms with Crippen molar-refractivity contribution in [2.75, 3.05) is 13.7 Å². The lowest BCUT2D eigenvalue weighted by Crippen LogP contribution is -2.52. The first-order valence-electron chi connectivity index (χ1n) is 11.4. The second-order valence-corrected chi connectivity index (χ2v) is 8.88. The summed E-state index contributed by atoms with van der Waals surface area (Å²) < 4.78 is 13.2. The van der Waals surface area contributed by atoms with Crippen molar-refractivity contribution in [2.24, 2.45) is 11.8 Å². The number of unbranched alkanes of at least 4 members (excludes halogenated alkanes) is 1. The molecule has 30 heavy (non-hydrogen) atoms. The molecule has 4 rings (SSSR count).